The van der Waals surface area contributed by atoms with Crippen molar-refractivity contribution in [1.29, 1.82) is 0 Å². The maximum Gasteiger partial charge on any atom is 0.413 e. The van der Waals surface area contributed by atoms with Gasteiger partial charge in [-0.2, -0.15) is 26.7 Å². The van der Waals surface area contributed by atoms with Crippen LogP contribution < -0.4 is 10.3 Å². The molecule has 0 aliphatic rings. The Morgan fingerprint density at radius 2 is 1.90 bits per heavy atom. The minimum Gasteiger partial charge on any atom is -0.373 e. The number of hydrogen-bond acceptors (Lipinski definition) is 8. The number of rotatable bonds is 9. The van der Waals surface area contributed by atoms with Gasteiger partial charge in [0.15, 0.2) is 6.61 Å². The summed E-state index contributed by atoms with van der Waals surface area (Å²) in [5.74, 6) is -0.561. The molecule has 0 saturated heterocycles. The van der Waals surface area contributed by atoms with Crippen LogP contribution in [0, 0.1) is 0 Å². The lowest BCUT2D eigenvalue weighted by Gasteiger charge is -2.19. The van der Waals surface area contributed by atoms with Gasteiger partial charge >= 0.3 is 6.18 Å². The number of aromatic nitrogens is 1. The highest BCUT2D eigenvalue weighted by atomic mass is 32.2. The average molecular weight is 473 g/mol. The molecule has 1 heterocycles. The van der Waals surface area contributed by atoms with Crippen molar-refractivity contribution >= 4 is 48.7 Å². The summed E-state index contributed by atoms with van der Waals surface area (Å²) in [6.07, 6.45) is -3.08. The summed E-state index contributed by atoms with van der Waals surface area (Å²) in [6.45, 7) is -1.84. The number of alkyl halides is 3. The molecule has 0 aliphatic heterocycles. The van der Waals surface area contributed by atoms with E-state index in [-0.39, 0.29) is 6.54 Å². The standard InChI is InChI=1S/C19H19F3N4O3S2/c1-26(10-11-31(27,28)29-13-19(20,21)22)15-8-6-14(7-9-15)12-23-25-18-24-16-4-2-3-5-17(16)30-18/h2-9,12H,10-11,13H2,1H3,(H,24,25)/b23-12+. The summed E-state index contributed by atoms with van der Waals surface area (Å²) in [7, 11) is -2.63. The lowest BCUT2D eigenvalue weighted by molar-refractivity contribution is -0.152. The number of anilines is 2. The third-order valence-corrected chi connectivity index (χ3v) is 6.18. The van der Waals surface area contributed by atoms with Crippen LogP contribution in [0.4, 0.5) is 24.0 Å². The third kappa shape index (κ3) is 7.19. The summed E-state index contributed by atoms with van der Waals surface area (Å²) in [6, 6.07) is 14.8. The van der Waals surface area contributed by atoms with Crippen LogP contribution in [0.1, 0.15) is 5.56 Å². The zero-order valence-corrected chi connectivity index (χ0v) is 18.0. The highest BCUT2D eigenvalue weighted by Gasteiger charge is 2.30. The first-order valence-electron chi connectivity index (χ1n) is 9.01. The number of benzene rings is 2. The summed E-state index contributed by atoms with van der Waals surface area (Å²) in [5.41, 5.74) is 5.27. The van der Waals surface area contributed by atoms with Gasteiger partial charge in [-0.3, -0.25) is 9.61 Å². The molecular formula is C19H19F3N4O3S2. The molecule has 31 heavy (non-hydrogen) atoms. The fraction of sp³-hybridized carbons (Fsp3) is 0.263. The van der Waals surface area contributed by atoms with Crippen LogP contribution in [0.2, 0.25) is 0 Å². The molecule has 166 valence electrons. The van der Waals surface area contributed by atoms with Crippen LogP contribution in [-0.4, -0.2) is 51.7 Å². The van der Waals surface area contributed by atoms with Gasteiger partial charge in [0.1, 0.15) is 0 Å². The molecule has 7 nitrogen and oxygen atoms in total. The molecule has 0 bridgehead atoms. The topological polar surface area (TPSA) is 83.9 Å². The third-order valence-electron chi connectivity index (χ3n) is 4.08. The van der Waals surface area contributed by atoms with Crippen molar-refractivity contribution < 1.29 is 25.8 Å². The molecule has 3 rings (SSSR count). The van der Waals surface area contributed by atoms with Gasteiger partial charge in [-0.05, 0) is 29.8 Å². The van der Waals surface area contributed by atoms with E-state index in [0.717, 1.165) is 15.8 Å². The molecule has 1 aromatic heterocycles. The quantitative estimate of drug-likeness (QED) is 0.287. The molecule has 0 spiro atoms. The molecule has 2 aromatic carbocycles. The Balaban J connectivity index is 1.51. The van der Waals surface area contributed by atoms with Crippen LogP contribution in [0.15, 0.2) is 53.6 Å². The second-order valence-corrected chi connectivity index (χ2v) is 9.30. The van der Waals surface area contributed by atoms with Crippen LogP contribution in [0.5, 0.6) is 0 Å². The molecule has 0 saturated carbocycles. The molecule has 0 amide bonds. The predicted molar refractivity (Wildman–Crippen MR) is 116 cm³/mol. The van der Waals surface area contributed by atoms with Crippen LogP contribution >= 0.6 is 11.3 Å². The second kappa shape index (κ2) is 9.62. The SMILES string of the molecule is CN(CCS(=O)(=O)OCC(F)(F)F)c1ccc(/C=N/Nc2nc3ccccc3s2)cc1. The van der Waals surface area contributed by atoms with Crippen molar-refractivity contribution in [2.24, 2.45) is 5.10 Å². The summed E-state index contributed by atoms with van der Waals surface area (Å²) in [4.78, 5) is 6.02. The molecule has 0 fully saturated rings. The first-order chi connectivity index (χ1) is 14.6. The van der Waals surface area contributed by atoms with Crippen molar-refractivity contribution in [3.8, 4) is 0 Å². The summed E-state index contributed by atoms with van der Waals surface area (Å²) < 4.78 is 64.5. The summed E-state index contributed by atoms with van der Waals surface area (Å²) in [5, 5.41) is 4.83. The van der Waals surface area contributed by atoms with Crippen molar-refractivity contribution in [2.45, 2.75) is 6.18 Å². The second-order valence-electron chi connectivity index (χ2n) is 6.51. The zero-order valence-electron chi connectivity index (χ0n) is 16.3. The van der Waals surface area contributed by atoms with Gasteiger partial charge in [0, 0.05) is 19.3 Å². The smallest absolute Gasteiger partial charge is 0.373 e. The number of hydrazone groups is 1. The van der Waals surface area contributed by atoms with Gasteiger partial charge in [0.05, 0.1) is 22.2 Å². The normalized spacial score (nSPS) is 12.5. The van der Waals surface area contributed by atoms with Gasteiger partial charge in [0.2, 0.25) is 5.13 Å². The highest BCUT2D eigenvalue weighted by molar-refractivity contribution is 7.86. The minimum atomic E-state index is -4.70. The molecule has 12 heteroatoms. The van der Waals surface area contributed by atoms with E-state index in [1.807, 2.05) is 24.3 Å². The van der Waals surface area contributed by atoms with Crippen molar-refractivity contribution in [3.05, 3.63) is 54.1 Å². The monoisotopic (exact) mass is 472 g/mol. The Bertz CT molecular complexity index is 1110. The van der Waals surface area contributed by atoms with E-state index in [1.165, 1.54) is 11.3 Å². The predicted octanol–water partition coefficient (Wildman–Crippen LogP) is 4.09. The Morgan fingerprint density at radius 1 is 1.19 bits per heavy atom. The number of nitrogens with one attached hydrogen (secondary N) is 1. The lowest BCUT2D eigenvalue weighted by Crippen LogP contribution is -2.28. The fourth-order valence-electron chi connectivity index (χ4n) is 2.49. The van der Waals surface area contributed by atoms with Gasteiger partial charge in [-0.1, -0.05) is 35.6 Å². The first kappa shape index (κ1) is 23.0. The largest absolute Gasteiger partial charge is 0.413 e. The van der Waals surface area contributed by atoms with E-state index in [1.54, 1.807) is 42.4 Å². The molecule has 0 radical (unpaired) electrons. The molecule has 1 N–H and O–H groups in total. The van der Waals surface area contributed by atoms with Crippen molar-refractivity contribution in [3.63, 3.8) is 0 Å². The van der Waals surface area contributed by atoms with E-state index in [2.05, 4.69) is 19.7 Å². The fourth-order valence-corrected chi connectivity index (χ4v) is 4.23. The molecule has 0 unspecified atom stereocenters. The Labute approximate surface area is 181 Å². The maximum absolute atomic E-state index is 12.1. The van der Waals surface area contributed by atoms with Gasteiger partial charge in [0.25, 0.3) is 10.1 Å². The Hall–Kier alpha value is -2.70. The van der Waals surface area contributed by atoms with E-state index in [4.69, 9.17) is 0 Å². The highest BCUT2D eigenvalue weighted by Crippen LogP contribution is 2.25. The minimum absolute atomic E-state index is 0.0210. The van der Waals surface area contributed by atoms with Gasteiger partial charge in [-0.25, -0.2) is 4.98 Å². The van der Waals surface area contributed by atoms with Crippen molar-refractivity contribution in [2.75, 3.05) is 36.3 Å². The lowest BCUT2D eigenvalue weighted by atomic mass is 10.2. The number of halogens is 3. The van der Waals surface area contributed by atoms with E-state index >= 15 is 0 Å². The van der Waals surface area contributed by atoms with Gasteiger partial charge < -0.3 is 4.90 Å². The molecule has 0 atom stereocenters. The number of fused-ring (bicyclic) bond motifs is 1. The van der Waals surface area contributed by atoms with E-state index in [9.17, 15) is 21.6 Å². The van der Waals surface area contributed by atoms with Crippen LogP contribution in [0.25, 0.3) is 10.2 Å². The van der Waals surface area contributed by atoms with Crippen LogP contribution in [0.3, 0.4) is 0 Å². The number of hydrogen-bond donors (Lipinski definition) is 1. The number of nitrogens with zero attached hydrogens (tertiary/aromatic N) is 3. The number of thiazole rings is 1. The van der Waals surface area contributed by atoms with E-state index in [0.29, 0.717) is 10.8 Å². The Kier molecular flexibility index (Phi) is 7.13. The zero-order chi connectivity index (χ0) is 22.5. The van der Waals surface area contributed by atoms with Crippen molar-refractivity contribution in [1.82, 2.24) is 4.98 Å². The van der Waals surface area contributed by atoms with Crippen LogP contribution in [-0.2, 0) is 14.3 Å². The Morgan fingerprint density at radius 3 is 2.58 bits per heavy atom. The summed E-state index contributed by atoms with van der Waals surface area (Å²) >= 11 is 1.49. The maximum atomic E-state index is 12.1. The van der Waals surface area contributed by atoms with E-state index < -0.39 is 28.7 Å². The van der Waals surface area contributed by atoms with Gasteiger partial charge in [-0.15, -0.1) is 0 Å². The molecule has 3 aromatic rings. The number of para-hydroxylation sites is 1. The molecular weight excluding hydrogens is 453 g/mol. The first-order valence-corrected chi connectivity index (χ1v) is 11.4. The molecule has 0 aliphatic carbocycles. The average Bonchev–Trinajstić information content (AvgIpc) is 3.14.